The van der Waals surface area contributed by atoms with E-state index in [2.05, 4.69) is 48.3 Å². The average molecular weight is 276 g/mol. The van der Waals surface area contributed by atoms with Crippen LogP contribution in [0.4, 0.5) is 5.69 Å². The quantitative estimate of drug-likeness (QED) is 0.864. The Kier molecular flexibility index (Phi) is 5.44. The van der Waals surface area contributed by atoms with E-state index < -0.39 is 0 Å². The third kappa shape index (κ3) is 3.53. The summed E-state index contributed by atoms with van der Waals surface area (Å²) >= 11 is 0. The molecule has 0 amide bonds. The molecular formula is C17H28N2O. The summed E-state index contributed by atoms with van der Waals surface area (Å²) in [5.41, 5.74) is 2.95. The standard InChI is InChI=1S/C17H28N2O/c1-4-19(16-9-6-5-8-15(16)2)13-17(12-18-3)10-7-11-20-14-17/h5-6,8-9,18H,4,7,10-14H2,1-3H3. The molecule has 112 valence electrons. The highest BCUT2D eigenvalue weighted by Gasteiger charge is 2.34. The van der Waals surface area contributed by atoms with E-state index in [0.29, 0.717) is 0 Å². The molecule has 1 N–H and O–H groups in total. The molecule has 20 heavy (non-hydrogen) atoms. The van der Waals surface area contributed by atoms with Gasteiger partial charge in [0.1, 0.15) is 0 Å². The number of hydrogen-bond acceptors (Lipinski definition) is 3. The fourth-order valence-corrected chi connectivity index (χ4v) is 3.30. The zero-order chi connectivity index (χ0) is 14.4. The van der Waals surface area contributed by atoms with E-state index in [9.17, 15) is 0 Å². The van der Waals surface area contributed by atoms with Gasteiger partial charge in [0.15, 0.2) is 0 Å². The summed E-state index contributed by atoms with van der Waals surface area (Å²) in [5.74, 6) is 0. The molecule has 0 saturated carbocycles. The molecule has 2 rings (SSSR count). The Morgan fingerprint density at radius 3 is 2.75 bits per heavy atom. The molecule has 0 aromatic heterocycles. The minimum atomic E-state index is 0.241. The van der Waals surface area contributed by atoms with Crippen molar-refractivity contribution in [1.29, 1.82) is 0 Å². The highest BCUT2D eigenvalue weighted by Crippen LogP contribution is 2.31. The van der Waals surface area contributed by atoms with Gasteiger partial charge >= 0.3 is 0 Å². The van der Waals surface area contributed by atoms with Gasteiger partial charge in [0.05, 0.1) is 6.61 Å². The summed E-state index contributed by atoms with van der Waals surface area (Å²) in [6.07, 6.45) is 2.42. The molecule has 1 atom stereocenters. The Bertz CT molecular complexity index is 408. The van der Waals surface area contributed by atoms with Gasteiger partial charge in [0.2, 0.25) is 0 Å². The second-order valence-corrected chi connectivity index (χ2v) is 5.99. The van der Waals surface area contributed by atoms with Crippen molar-refractivity contribution in [1.82, 2.24) is 5.32 Å². The summed E-state index contributed by atoms with van der Waals surface area (Å²) < 4.78 is 5.78. The van der Waals surface area contributed by atoms with Crippen LogP contribution in [0.15, 0.2) is 24.3 Å². The van der Waals surface area contributed by atoms with Gasteiger partial charge in [-0.15, -0.1) is 0 Å². The normalized spacial score (nSPS) is 22.8. The lowest BCUT2D eigenvalue weighted by Gasteiger charge is -2.41. The van der Waals surface area contributed by atoms with Crippen molar-refractivity contribution in [2.75, 3.05) is 44.8 Å². The van der Waals surface area contributed by atoms with Crippen LogP contribution < -0.4 is 10.2 Å². The summed E-state index contributed by atoms with van der Waals surface area (Å²) in [6.45, 7) is 9.35. The van der Waals surface area contributed by atoms with E-state index in [-0.39, 0.29) is 5.41 Å². The predicted octanol–water partition coefficient (Wildman–Crippen LogP) is 2.84. The van der Waals surface area contributed by atoms with Crippen molar-refractivity contribution < 1.29 is 4.74 Å². The van der Waals surface area contributed by atoms with Crippen LogP contribution in [0.3, 0.4) is 0 Å². The summed E-state index contributed by atoms with van der Waals surface area (Å²) in [5, 5.41) is 3.37. The molecule has 1 fully saturated rings. The molecule has 0 radical (unpaired) electrons. The van der Waals surface area contributed by atoms with Crippen LogP contribution in [0.1, 0.15) is 25.3 Å². The van der Waals surface area contributed by atoms with Gasteiger partial charge in [-0.3, -0.25) is 0 Å². The van der Waals surface area contributed by atoms with Crippen LogP contribution >= 0.6 is 0 Å². The molecule has 1 unspecified atom stereocenters. The maximum atomic E-state index is 5.78. The first kappa shape index (κ1) is 15.3. The lowest BCUT2D eigenvalue weighted by atomic mass is 9.81. The molecule has 1 heterocycles. The third-order valence-electron chi connectivity index (χ3n) is 4.32. The smallest absolute Gasteiger partial charge is 0.0551 e. The number of nitrogens with zero attached hydrogens (tertiary/aromatic N) is 1. The highest BCUT2D eigenvalue weighted by atomic mass is 16.5. The number of hydrogen-bond donors (Lipinski definition) is 1. The van der Waals surface area contributed by atoms with Crippen LogP contribution in [-0.4, -0.2) is 39.9 Å². The van der Waals surface area contributed by atoms with Crippen LogP contribution in [0.25, 0.3) is 0 Å². The van der Waals surface area contributed by atoms with Gasteiger partial charge in [-0.1, -0.05) is 18.2 Å². The first-order valence-corrected chi connectivity index (χ1v) is 7.74. The van der Waals surface area contributed by atoms with Crippen LogP contribution in [0, 0.1) is 12.3 Å². The number of aryl methyl sites for hydroxylation is 1. The van der Waals surface area contributed by atoms with Crippen molar-refractivity contribution in [3.05, 3.63) is 29.8 Å². The number of anilines is 1. The molecule has 0 aliphatic carbocycles. The molecule has 1 saturated heterocycles. The molecule has 1 aromatic rings. The number of nitrogens with one attached hydrogen (secondary N) is 1. The fraction of sp³-hybridized carbons (Fsp3) is 0.647. The van der Waals surface area contributed by atoms with Crippen molar-refractivity contribution in [2.24, 2.45) is 5.41 Å². The van der Waals surface area contributed by atoms with Gasteiger partial charge in [0.25, 0.3) is 0 Å². The molecule has 0 spiro atoms. The van der Waals surface area contributed by atoms with E-state index in [1.165, 1.54) is 24.1 Å². The van der Waals surface area contributed by atoms with Crippen LogP contribution in [-0.2, 0) is 4.74 Å². The van der Waals surface area contributed by atoms with Gasteiger partial charge < -0.3 is 15.0 Å². The first-order valence-electron chi connectivity index (χ1n) is 7.74. The Hall–Kier alpha value is -1.06. The Morgan fingerprint density at radius 1 is 1.35 bits per heavy atom. The zero-order valence-electron chi connectivity index (χ0n) is 13.1. The second-order valence-electron chi connectivity index (χ2n) is 5.99. The number of rotatable bonds is 6. The van der Waals surface area contributed by atoms with Gasteiger partial charge in [0, 0.05) is 37.3 Å². The maximum Gasteiger partial charge on any atom is 0.0551 e. The van der Waals surface area contributed by atoms with Crippen molar-refractivity contribution in [2.45, 2.75) is 26.7 Å². The topological polar surface area (TPSA) is 24.5 Å². The van der Waals surface area contributed by atoms with Gasteiger partial charge in [-0.25, -0.2) is 0 Å². The van der Waals surface area contributed by atoms with Crippen LogP contribution in [0.5, 0.6) is 0 Å². The highest BCUT2D eigenvalue weighted by molar-refractivity contribution is 5.53. The first-order chi connectivity index (χ1) is 9.71. The molecule has 3 heteroatoms. The molecule has 1 aliphatic rings. The number of para-hydroxylation sites is 1. The van der Waals surface area contributed by atoms with Crippen molar-refractivity contribution >= 4 is 5.69 Å². The minimum Gasteiger partial charge on any atom is -0.381 e. The van der Waals surface area contributed by atoms with Crippen molar-refractivity contribution in [3.63, 3.8) is 0 Å². The van der Waals surface area contributed by atoms with Gasteiger partial charge in [-0.05, 0) is 45.4 Å². The summed E-state index contributed by atoms with van der Waals surface area (Å²) in [4.78, 5) is 2.50. The van der Waals surface area contributed by atoms with E-state index in [1.807, 2.05) is 7.05 Å². The molecule has 0 bridgehead atoms. The lowest BCUT2D eigenvalue weighted by Crippen LogP contribution is -2.48. The predicted molar refractivity (Wildman–Crippen MR) is 85.5 cm³/mol. The molecular weight excluding hydrogens is 248 g/mol. The third-order valence-corrected chi connectivity index (χ3v) is 4.32. The van der Waals surface area contributed by atoms with E-state index in [0.717, 1.165) is 32.8 Å². The molecule has 3 nitrogen and oxygen atoms in total. The lowest BCUT2D eigenvalue weighted by molar-refractivity contribution is -0.00225. The number of benzene rings is 1. The Labute approximate surface area is 123 Å². The molecule has 1 aliphatic heterocycles. The number of ether oxygens (including phenoxy) is 1. The monoisotopic (exact) mass is 276 g/mol. The second kappa shape index (κ2) is 7.09. The van der Waals surface area contributed by atoms with E-state index in [4.69, 9.17) is 4.74 Å². The SMILES string of the molecule is CCN(CC1(CNC)CCCOC1)c1ccccc1C. The largest absolute Gasteiger partial charge is 0.381 e. The van der Waals surface area contributed by atoms with Crippen molar-refractivity contribution in [3.8, 4) is 0 Å². The van der Waals surface area contributed by atoms with Gasteiger partial charge in [-0.2, -0.15) is 0 Å². The summed E-state index contributed by atoms with van der Waals surface area (Å²) in [6, 6.07) is 8.67. The maximum absolute atomic E-state index is 5.78. The van der Waals surface area contributed by atoms with E-state index in [1.54, 1.807) is 0 Å². The Balaban J connectivity index is 2.16. The Morgan fingerprint density at radius 2 is 2.15 bits per heavy atom. The molecule has 1 aromatic carbocycles. The summed E-state index contributed by atoms with van der Waals surface area (Å²) in [7, 11) is 2.04. The van der Waals surface area contributed by atoms with E-state index >= 15 is 0 Å². The fourth-order valence-electron chi connectivity index (χ4n) is 3.30. The minimum absolute atomic E-state index is 0.241. The average Bonchev–Trinajstić information content (AvgIpc) is 2.47. The zero-order valence-corrected chi connectivity index (χ0v) is 13.1. The van der Waals surface area contributed by atoms with Crippen LogP contribution in [0.2, 0.25) is 0 Å².